The molecule has 0 N–H and O–H groups in total. The third kappa shape index (κ3) is 1.77. The van der Waals surface area contributed by atoms with Crippen molar-refractivity contribution >= 4 is 5.97 Å². The Morgan fingerprint density at radius 3 is 1.75 bits per heavy atom. The molecule has 2 heterocycles. The number of carbonyl (C=O) groups is 1. The largest absolute Gasteiger partial charge is 0.468 e. The summed E-state index contributed by atoms with van der Waals surface area (Å²) in [5.41, 5.74) is 1.24. The Morgan fingerprint density at radius 1 is 0.781 bits per heavy atom. The van der Waals surface area contributed by atoms with E-state index >= 15 is 0 Å². The van der Waals surface area contributed by atoms with Crippen molar-refractivity contribution in [3.63, 3.8) is 0 Å². The molecule has 3 aromatic rings. The predicted octanol–water partition coefficient (Wildman–Crippen LogP) is 5.81. The van der Waals surface area contributed by atoms with E-state index in [0.29, 0.717) is 6.42 Å². The van der Waals surface area contributed by atoms with E-state index < -0.39 is 22.0 Å². The van der Waals surface area contributed by atoms with Crippen LogP contribution in [-0.4, -0.2) is 13.1 Å². The predicted molar refractivity (Wildman–Crippen MR) is 123 cm³/mol. The zero-order chi connectivity index (χ0) is 22.4. The molecule has 2 aliphatic heterocycles. The second-order valence-electron chi connectivity index (χ2n) is 10.5. The lowest BCUT2D eigenvalue weighted by molar-refractivity contribution is -0.158. The van der Waals surface area contributed by atoms with Gasteiger partial charge in [0.25, 0.3) is 0 Å². The summed E-state index contributed by atoms with van der Waals surface area (Å²) in [6.45, 7) is 6.73. The van der Waals surface area contributed by atoms with Crippen molar-refractivity contribution in [2.75, 3.05) is 7.11 Å². The average Bonchev–Trinajstić information content (AvgIpc) is 3.41. The molecule has 4 unspecified atom stereocenters. The fraction of sp³-hybridized carbons (Fsp3) is 0.345. The minimum atomic E-state index is -0.902. The van der Waals surface area contributed by atoms with Crippen LogP contribution < -0.4 is 0 Å². The first-order valence-corrected chi connectivity index (χ1v) is 11.3. The second-order valence-corrected chi connectivity index (χ2v) is 10.5. The molecule has 0 amide bonds. The molecule has 2 bridgehead atoms. The minimum absolute atomic E-state index is 0.177. The van der Waals surface area contributed by atoms with Gasteiger partial charge in [-0.05, 0) is 34.1 Å². The maximum absolute atomic E-state index is 13.9. The molecule has 162 valence electrons. The van der Waals surface area contributed by atoms with Crippen molar-refractivity contribution in [3.05, 3.63) is 107 Å². The van der Waals surface area contributed by atoms with Gasteiger partial charge in [0, 0.05) is 5.41 Å². The highest BCUT2D eigenvalue weighted by atomic mass is 16.6. The van der Waals surface area contributed by atoms with Crippen LogP contribution >= 0.6 is 0 Å². The summed E-state index contributed by atoms with van der Waals surface area (Å²) in [6, 6.07) is 29.2. The Bertz CT molecular complexity index is 1230. The Balaban J connectivity index is 1.82. The summed E-state index contributed by atoms with van der Waals surface area (Å²) in [4.78, 5) is 13.9. The van der Waals surface area contributed by atoms with Crippen molar-refractivity contribution in [2.24, 2.45) is 16.2 Å². The number of carbonyl (C=O) groups excluding carboxylic acids is 1. The fourth-order valence-corrected chi connectivity index (χ4v) is 7.54. The first-order valence-electron chi connectivity index (χ1n) is 11.3. The van der Waals surface area contributed by atoms with E-state index in [2.05, 4.69) is 81.4 Å². The Morgan fingerprint density at radius 2 is 1.25 bits per heavy atom. The van der Waals surface area contributed by atoms with Crippen molar-refractivity contribution in [2.45, 2.75) is 38.4 Å². The molecule has 1 saturated heterocycles. The van der Waals surface area contributed by atoms with Gasteiger partial charge >= 0.3 is 5.97 Å². The van der Waals surface area contributed by atoms with Gasteiger partial charge in [-0.15, -0.1) is 0 Å². The van der Waals surface area contributed by atoms with Crippen molar-refractivity contribution < 1.29 is 14.3 Å². The monoisotopic (exact) mass is 424 g/mol. The highest BCUT2D eigenvalue weighted by Crippen LogP contribution is 2.94. The van der Waals surface area contributed by atoms with Crippen LogP contribution in [0.2, 0.25) is 0 Å². The molecule has 0 aromatic heterocycles. The zero-order valence-corrected chi connectivity index (χ0v) is 19.0. The normalized spacial score (nSPS) is 34.0. The van der Waals surface area contributed by atoms with E-state index in [1.165, 1.54) is 12.7 Å². The van der Waals surface area contributed by atoms with Crippen LogP contribution in [0.25, 0.3) is 0 Å². The van der Waals surface area contributed by atoms with Gasteiger partial charge in [0.1, 0.15) is 16.6 Å². The van der Waals surface area contributed by atoms with Gasteiger partial charge in [0.05, 0.1) is 7.11 Å². The summed E-state index contributed by atoms with van der Waals surface area (Å²) < 4.78 is 13.0. The molecule has 0 radical (unpaired) electrons. The third-order valence-electron chi connectivity index (χ3n) is 8.50. The molecule has 3 heteroatoms. The van der Waals surface area contributed by atoms with Crippen LogP contribution in [0.3, 0.4) is 0 Å². The van der Waals surface area contributed by atoms with Gasteiger partial charge in [0.15, 0.2) is 0 Å². The number of methoxy groups -OCH3 is 1. The van der Waals surface area contributed by atoms with Gasteiger partial charge < -0.3 is 9.47 Å². The SMILES string of the molecule is COC(=O)C12CC1(C(C)(C)C)C1(c3ccccc3)OC2(c2ccccc2)c2ccccc21. The molecule has 4 atom stereocenters. The maximum atomic E-state index is 13.9. The number of ether oxygens (including phenoxy) is 2. The average molecular weight is 425 g/mol. The Hall–Kier alpha value is -2.91. The van der Waals surface area contributed by atoms with Crippen LogP contribution in [0.15, 0.2) is 84.9 Å². The molecule has 1 saturated carbocycles. The number of hydrogen-bond acceptors (Lipinski definition) is 3. The lowest BCUT2D eigenvalue weighted by atomic mass is 9.53. The van der Waals surface area contributed by atoms with Crippen molar-refractivity contribution in [1.82, 2.24) is 0 Å². The smallest absolute Gasteiger partial charge is 0.316 e. The van der Waals surface area contributed by atoms with E-state index in [9.17, 15) is 4.79 Å². The topological polar surface area (TPSA) is 35.5 Å². The van der Waals surface area contributed by atoms with Crippen LogP contribution in [0.1, 0.15) is 49.4 Å². The lowest BCUT2D eigenvalue weighted by Gasteiger charge is -2.46. The number of esters is 1. The Kier molecular flexibility index (Phi) is 3.64. The molecule has 2 fully saturated rings. The quantitative estimate of drug-likeness (QED) is 0.498. The number of hydrogen-bond donors (Lipinski definition) is 0. The summed E-state index contributed by atoms with van der Waals surface area (Å²) in [7, 11) is 1.51. The number of fused-ring (bicyclic) bond motifs is 8. The molecule has 6 rings (SSSR count). The minimum Gasteiger partial charge on any atom is -0.468 e. The van der Waals surface area contributed by atoms with Gasteiger partial charge in [0.2, 0.25) is 0 Å². The molecule has 3 nitrogen and oxygen atoms in total. The molecular formula is C29H28O3. The van der Waals surface area contributed by atoms with Crippen LogP contribution in [0.4, 0.5) is 0 Å². The molecule has 3 aliphatic rings. The number of benzene rings is 3. The highest BCUT2D eigenvalue weighted by molar-refractivity contribution is 5.90. The summed E-state index contributed by atoms with van der Waals surface area (Å²) in [6.07, 6.45) is 0.717. The molecular weight excluding hydrogens is 396 g/mol. The van der Waals surface area contributed by atoms with E-state index in [-0.39, 0.29) is 11.4 Å². The summed E-state index contributed by atoms with van der Waals surface area (Å²) in [5.74, 6) is -0.177. The van der Waals surface area contributed by atoms with E-state index in [1.807, 2.05) is 24.3 Å². The van der Waals surface area contributed by atoms with Crippen LogP contribution in [0, 0.1) is 16.2 Å². The molecule has 32 heavy (non-hydrogen) atoms. The maximum Gasteiger partial charge on any atom is 0.316 e. The third-order valence-corrected chi connectivity index (χ3v) is 8.50. The summed E-state index contributed by atoms with van der Waals surface area (Å²) in [5, 5.41) is 0. The highest BCUT2D eigenvalue weighted by Gasteiger charge is 2.99. The summed E-state index contributed by atoms with van der Waals surface area (Å²) >= 11 is 0. The Labute approximate surface area is 189 Å². The fourth-order valence-electron chi connectivity index (χ4n) is 7.54. The van der Waals surface area contributed by atoms with E-state index in [0.717, 1.165) is 16.7 Å². The molecule has 3 aromatic carbocycles. The van der Waals surface area contributed by atoms with Gasteiger partial charge in [-0.2, -0.15) is 0 Å². The van der Waals surface area contributed by atoms with Gasteiger partial charge in [-0.3, -0.25) is 4.79 Å². The van der Waals surface area contributed by atoms with Crippen LogP contribution in [-0.2, 0) is 25.5 Å². The van der Waals surface area contributed by atoms with Crippen molar-refractivity contribution in [1.29, 1.82) is 0 Å². The first-order chi connectivity index (χ1) is 15.3. The standard InChI is InChI=1S/C29H28O3/c1-25(2,3)27-19-26(27,24(30)31-4)28(20-13-7-5-8-14-20)22-17-11-12-18-23(22)29(27,32-28)21-15-9-6-10-16-21/h5-18H,19H2,1-4H3. The van der Waals surface area contributed by atoms with Crippen LogP contribution in [0.5, 0.6) is 0 Å². The second kappa shape index (κ2) is 5.90. The first kappa shape index (κ1) is 19.8. The molecule has 0 spiro atoms. The molecule has 1 aliphatic carbocycles. The van der Waals surface area contributed by atoms with E-state index in [4.69, 9.17) is 9.47 Å². The lowest BCUT2D eigenvalue weighted by Crippen LogP contribution is -2.49. The van der Waals surface area contributed by atoms with Crippen molar-refractivity contribution in [3.8, 4) is 0 Å². The zero-order valence-electron chi connectivity index (χ0n) is 19.0. The van der Waals surface area contributed by atoms with Gasteiger partial charge in [-0.1, -0.05) is 106 Å². The van der Waals surface area contributed by atoms with Gasteiger partial charge in [-0.25, -0.2) is 0 Å². The number of rotatable bonds is 3. The van der Waals surface area contributed by atoms with E-state index in [1.54, 1.807) is 0 Å².